The van der Waals surface area contributed by atoms with E-state index >= 15 is 0 Å². The number of nitrogens with one attached hydrogen (secondary N) is 2. The Morgan fingerprint density at radius 3 is 2.27 bits per heavy atom. The minimum absolute atomic E-state index is 0.0290. The largest absolute Gasteiger partial charge is 0.496 e. The standard InChI is InChI=1S/C24H35ClN4O4.C4H4O4/c1-32-21-14-19(26)18(25)13-17(21)24(31)28-16-6-10-29(11-7-16)22(15-4-8-27-9-5-15)23(30)20-3-2-12-33-20;5-3(6)1-2-4(7)8/h13-16,20,22,27H,2-12,26H2,1H3,(H,28,31);1-2H,(H,5,6)(H,7,8). The molecule has 0 spiro atoms. The Bertz CT molecular complexity index is 1090. The molecule has 12 nitrogen and oxygen atoms in total. The molecule has 4 rings (SSSR count). The second-order valence-electron chi connectivity index (χ2n) is 10.3. The van der Waals surface area contributed by atoms with Gasteiger partial charge in [0.1, 0.15) is 11.9 Å². The molecule has 1 aromatic rings. The highest BCUT2D eigenvalue weighted by Crippen LogP contribution is 2.30. The summed E-state index contributed by atoms with van der Waals surface area (Å²) in [6.45, 7) is 4.15. The fraction of sp³-hybridized carbons (Fsp3) is 0.571. The van der Waals surface area contributed by atoms with E-state index < -0.39 is 11.9 Å². The van der Waals surface area contributed by atoms with Crippen molar-refractivity contribution in [2.24, 2.45) is 5.92 Å². The number of carbonyl (C=O) groups is 4. The maximum atomic E-state index is 13.4. The first-order valence-electron chi connectivity index (χ1n) is 13.8. The van der Waals surface area contributed by atoms with Gasteiger partial charge >= 0.3 is 11.9 Å². The van der Waals surface area contributed by atoms with E-state index in [-0.39, 0.29) is 29.9 Å². The number of hydrogen-bond donors (Lipinski definition) is 5. The number of hydrogen-bond acceptors (Lipinski definition) is 9. The molecule has 3 heterocycles. The van der Waals surface area contributed by atoms with E-state index in [9.17, 15) is 19.2 Å². The van der Waals surface area contributed by atoms with Crippen molar-refractivity contribution in [1.29, 1.82) is 0 Å². The van der Waals surface area contributed by atoms with E-state index in [1.54, 1.807) is 12.1 Å². The van der Waals surface area contributed by atoms with E-state index in [2.05, 4.69) is 15.5 Å². The van der Waals surface area contributed by atoms with Crippen LogP contribution in [0.25, 0.3) is 0 Å². The van der Waals surface area contributed by atoms with Crippen molar-refractivity contribution in [3.8, 4) is 5.75 Å². The van der Waals surface area contributed by atoms with Crippen molar-refractivity contribution in [2.75, 3.05) is 45.6 Å². The average Bonchev–Trinajstić information content (AvgIpc) is 3.50. The van der Waals surface area contributed by atoms with Gasteiger partial charge in [-0.2, -0.15) is 0 Å². The summed E-state index contributed by atoms with van der Waals surface area (Å²) < 4.78 is 11.1. The van der Waals surface area contributed by atoms with Crippen LogP contribution in [0, 0.1) is 5.92 Å². The summed E-state index contributed by atoms with van der Waals surface area (Å²) >= 11 is 6.13. The van der Waals surface area contributed by atoms with Crippen molar-refractivity contribution in [2.45, 2.75) is 56.7 Å². The van der Waals surface area contributed by atoms with Crippen LogP contribution in [0.4, 0.5) is 5.69 Å². The Hall–Kier alpha value is -3.19. The van der Waals surface area contributed by atoms with Crippen LogP contribution >= 0.6 is 11.6 Å². The number of halogens is 1. The van der Waals surface area contributed by atoms with E-state index in [0.717, 1.165) is 64.7 Å². The van der Waals surface area contributed by atoms with Gasteiger partial charge in [0.05, 0.1) is 29.4 Å². The van der Waals surface area contributed by atoms with Gasteiger partial charge in [0.2, 0.25) is 0 Å². The number of nitrogens with two attached hydrogens (primary N) is 1. The molecule has 1 amide bonds. The van der Waals surface area contributed by atoms with Gasteiger partial charge in [0, 0.05) is 44.0 Å². The van der Waals surface area contributed by atoms with Crippen molar-refractivity contribution in [1.82, 2.24) is 15.5 Å². The third-order valence-electron chi connectivity index (χ3n) is 7.56. The van der Waals surface area contributed by atoms with E-state index in [4.69, 9.17) is 37.0 Å². The van der Waals surface area contributed by atoms with Crippen molar-refractivity contribution in [3.63, 3.8) is 0 Å². The predicted octanol–water partition coefficient (Wildman–Crippen LogP) is 1.95. The topological polar surface area (TPSA) is 181 Å². The minimum Gasteiger partial charge on any atom is -0.496 e. The van der Waals surface area contributed by atoms with Crippen molar-refractivity contribution < 1.29 is 38.9 Å². The van der Waals surface area contributed by atoms with Crippen LogP contribution in [0.1, 0.15) is 48.9 Å². The van der Waals surface area contributed by atoms with Crippen LogP contribution in [0.3, 0.4) is 0 Å². The lowest BCUT2D eigenvalue weighted by atomic mass is 9.83. The first-order chi connectivity index (χ1) is 19.6. The van der Waals surface area contributed by atoms with Crippen LogP contribution in [0.2, 0.25) is 5.02 Å². The number of benzene rings is 1. The smallest absolute Gasteiger partial charge is 0.328 e. The molecule has 226 valence electrons. The molecule has 6 N–H and O–H groups in total. The van der Waals surface area contributed by atoms with Crippen LogP contribution < -0.4 is 21.1 Å². The molecule has 0 saturated carbocycles. The van der Waals surface area contributed by atoms with E-state index in [1.165, 1.54) is 7.11 Å². The number of nitrogens with zero attached hydrogens (tertiary/aromatic N) is 1. The Labute approximate surface area is 244 Å². The fourth-order valence-corrected chi connectivity index (χ4v) is 5.67. The van der Waals surface area contributed by atoms with Gasteiger partial charge in [-0.25, -0.2) is 9.59 Å². The summed E-state index contributed by atoms with van der Waals surface area (Å²) in [6, 6.07) is 3.05. The maximum absolute atomic E-state index is 13.4. The highest BCUT2D eigenvalue weighted by molar-refractivity contribution is 6.33. The number of anilines is 1. The number of nitrogen functional groups attached to an aromatic ring is 1. The number of amides is 1. The number of piperidine rings is 2. The minimum atomic E-state index is -1.26. The normalized spacial score (nSPS) is 21.1. The Morgan fingerprint density at radius 2 is 1.73 bits per heavy atom. The molecule has 3 fully saturated rings. The second-order valence-corrected chi connectivity index (χ2v) is 10.7. The molecule has 0 aliphatic carbocycles. The lowest BCUT2D eigenvalue weighted by Crippen LogP contribution is -2.56. The molecule has 0 bridgehead atoms. The Kier molecular flexibility index (Phi) is 12.4. The molecule has 41 heavy (non-hydrogen) atoms. The number of likely N-dealkylation sites (tertiary alicyclic amines) is 1. The monoisotopic (exact) mass is 594 g/mol. The highest BCUT2D eigenvalue weighted by Gasteiger charge is 2.40. The van der Waals surface area contributed by atoms with Crippen molar-refractivity contribution >= 4 is 40.9 Å². The molecule has 3 aliphatic heterocycles. The molecular formula is C28H39ClN4O8. The third-order valence-corrected chi connectivity index (χ3v) is 7.89. The first kappa shape index (κ1) is 32.3. The summed E-state index contributed by atoms with van der Waals surface area (Å²) in [6.07, 6.45) is 6.25. The Morgan fingerprint density at radius 1 is 1.10 bits per heavy atom. The number of carboxylic acids is 2. The first-order valence-corrected chi connectivity index (χ1v) is 14.2. The number of methoxy groups -OCH3 is 1. The number of carbonyl (C=O) groups excluding carboxylic acids is 2. The molecule has 0 radical (unpaired) electrons. The number of Topliss-reactive ketones (excluding diaryl/α,β-unsaturated/α-hetero) is 1. The van der Waals surface area contributed by atoms with Gasteiger partial charge in [0.25, 0.3) is 5.91 Å². The summed E-state index contributed by atoms with van der Waals surface area (Å²) in [5.74, 6) is -1.73. The molecule has 0 aromatic heterocycles. The molecule has 1 aromatic carbocycles. The zero-order chi connectivity index (χ0) is 29.9. The van der Waals surface area contributed by atoms with Crippen LogP contribution in [0.5, 0.6) is 5.75 Å². The fourth-order valence-electron chi connectivity index (χ4n) is 5.51. The van der Waals surface area contributed by atoms with Gasteiger partial charge in [-0.1, -0.05) is 11.6 Å². The number of carboxylic acid groups (broad SMARTS) is 2. The molecule has 2 atom stereocenters. The van der Waals surface area contributed by atoms with E-state index in [0.29, 0.717) is 46.7 Å². The summed E-state index contributed by atoms with van der Waals surface area (Å²) in [7, 11) is 1.50. The third kappa shape index (κ3) is 9.42. The van der Waals surface area contributed by atoms with Gasteiger partial charge in [-0.3, -0.25) is 14.5 Å². The highest BCUT2D eigenvalue weighted by atomic mass is 35.5. The molecule has 3 aliphatic rings. The predicted molar refractivity (Wildman–Crippen MR) is 152 cm³/mol. The number of ether oxygens (including phenoxy) is 2. The van der Waals surface area contributed by atoms with Gasteiger partial charge in [-0.05, 0) is 63.6 Å². The average molecular weight is 595 g/mol. The number of ketones is 1. The summed E-state index contributed by atoms with van der Waals surface area (Å²) in [5, 5.41) is 22.5. The summed E-state index contributed by atoms with van der Waals surface area (Å²) in [4.78, 5) is 47.8. The zero-order valence-corrected chi connectivity index (χ0v) is 23.9. The zero-order valence-electron chi connectivity index (χ0n) is 23.1. The van der Waals surface area contributed by atoms with Gasteiger partial charge in [-0.15, -0.1) is 0 Å². The molecule has 2 unspecified atom stereocenters. The Balaban J connectivity index is 0.000000507. The lowest BCUT2D eigenvalue weighted by Gasteiger charge is -2.42. The van der Waals surface area contributed by atoms with Crippen LogP contribution in [-0.2, 0) is 19.1 Å². The molecule has 3 saturated heterocycles. The van der Waals surface area contributed by atoms with Gasteiger partial charge < -0.3 is 36.1 Å². The quantitative estimate of drug-likeness (QED) is 0.208. The van der Waals surface area contributed by atoms with Crippen LogP contribution in [-0.4, -0.2) is 96.8 Å². The van der Waals surface area contributed by atoms with Crippen LogP contribution in [0.15, 0.2) is 24.3 Å². The SMILES string of the molecule is COc1cc(N)c(Cl)cc1C(=O)NC1CCN(C(C(=O)C2CCCO2)C2CCNCC2)CC1.O=C(O)C=CC(=O)O. The molecule has 13 heteroatoms. The lowest BCUT2D eigenvalue weighted by molar-refractivity contribution is -0.136. The molecular weight excluding hydrogens is 556 g/mol. The second kappa shape index (κ2) is 15.7. The van der Waals surface area contributed by atoms with Gasteiger partial charge in [0.15, 0.2) is 5.78 Å². The maximum Gasteiger partial charge on any atom is 0.328 e. The van der Waals surface area contributed by atoms with Crippen molar-refractivity contribution in [3.05, 3.63) is 34.9 Å². The summed E-state index contributed by atoms with van der Waals surface area (Å²) in [5.41, 5.74) is 6.58. The number of aliphatic carboxylic acids is 2. The number of rotatable bonds is 9. The van der Waals surface area contributed by atoms with E-state index in [1.807, 2.05) is 0 Å².